The van der Waals surface area contributed by atoms with E-state index in [1.54, 1.807) is 0 Å². The number of piperidine rings is 1. The molecule has 4 rings (SSSR count). The van der Waals surface area contributed by atoms with Gasteiger partial charge in [-0.2, -0.15) is 0 Å². The summed E-state index contributed by atoms with van der Waals surface area (Å²) in [5.74, 6) is 0.847. The van der Waals surface area contributed by atoms with Crippen LogP contribution in [0.4, 0.5) is 0 Å². The van der Waals surface area contributed by atoms with Gasteiger partial charge < -0.3 is 15.0 Å². The second-order valence-corrected chi connectivity index (χ2v) is 11.1. The van der Waals surface area contributed by atoms with Crippen LogP contribution in [0.25, 0.3) is 0 Å². The number of nitrogens with one attached hydrogen (secondary N) is 1. The Morgan fingerprint density at radius 3 is 2.62 bits per heavy atom. The fourth-order valence-electron chi connectivity index (χ4n) is 6.18. The molecular weight excluding hydrogens is 400 g/mol. The Morgan fingerprint density at radius 1 is 1.12 bits per heavy atom. The van der Waals surface area contributed by atoms with Gasteiger partial charge in [-0.05, 0) is 66.4 Å². The fraction of sp³-hybridized carbons (Fsp3) is 0.704. The van der Waals surface area contributed by atoms with Crippen LogP contribution in [-0.4, -0.2) is 43.0 Å². The molecule has 0 saturated carbocycles. The van der Waals surface area contributed by atoms with Crippen LogP contribution in [0.1, 0.15) is 82.9 Å². The summed E-state index contributed by atoms with van der Waals surface area (Å²) in [7, 11) is 0. The molecule has 2 fully saturated rings. The molecule has 1 aromatic rings. The second-order valence-electron chi connectivity index (χ2n) is 11.1. The molecule has 0 bridgehead atoms. The molecule has 0 aromatic heterocycles. The summed E-state index contributed by atoms with van der Waals surface area (Å²) in [6.45, 7) is 9.62. The predicted octanol–water partition coefficient (Wildman–Crippen LogP) is 4.65. The number of carbonyl (C=O) groups excluding carboxylic acids is 2. The first kappa shape index (κ1) is 23.3. The van der Waals surface area contributed by atoms with Crippen molar-refractivity contribution in [1.29, 1.82) is 0 Å². The Labute approximate surface area is 193 Å². The molecule has 1 spiro atoms. The van der Waals surface area contributed by atoms with E-state index in [0.717, 1.165) is 58.2 Å². The topological polar surface area (TPSA) is 58.6 Å². The van der Waals surface area contributed by atoms with Crippen molar-refractivity contribution in [2.24, 2.45) is 16.7 Å². The fourth-order valence-corrected chi connectivity index (χ4v) is 6.18. The smallest absolute Gasteiger partial charge is 0.222 e. The van der Waals surface area contributed by atoms with Crippen molar-refractivity contribution in [2.45, 2.75) is 78.2 Å². The maximum atomic E-state index is 12.7. The molecule has 3 aliphatic rings. The highest BCUT2D eigenvalue weighted by Crippen LogP contribution is 2.56. The molecule has 5 nitrogen and oxygen atoms in total. The quantitative estimate of drug-likeness (QED) is 0.655. The number of hydrogen-bond acceptors (Lipinski definition) is 3. The molecule has 2 heterocycles. The first-order valence-electron chi connectivity index (χ1n) is 12.5. The molecule has 1 aliphatic carbocycles. The predicted molar refractivity (Wildman–Crippen MR) is 126 cm³/mol. The molecule has 0 radical (unpaired) electrons. The summed E-state index contributed by atoms with van der Waals surface area (Å²) in [4.78, 5) is 25.7. The van der Waals surface area contributed by atoms with Gasteiger partial charge in [-0.1, -0.05) is 44.5 Å². The third kappa shape index (κ3) is 5.03. The van der Waals surface area contributed by atoms with E-state index in [0.29, 0.717) is 24.8 Å². The van der Waals surface area contributed by atoms with Crippen molar-refractivity contribution in [3.63, 3.8) is 0 Å². The summed E-state index contributed by atoms with van der Waals surface area (Å²) in [5.41, 5.74) is 3.31. The van der Waals surface area contributed by atoms with Gasteiger partial charge in [0.15, 0.2) is 0 Å². The summed E-state index contributed by atoms with van der Waals surface area (Å²) in [5, 5.41) is 2.81. The zero-order valence-corrected chi connectivity index (χ0v) is 20.1. The first-order valence-corrected chi connectivity index (χ1v) is 12.5. The minimum atomic E-state index is 0.0159. The second kappa shape index (κ2) is 9.54. The van der Waals surface area contributed by atoms with Crippen molar-refractivity contribution >= 4 is 11.8 Å². The number of unbranched alkanes of at least 4 members (excludes halogenated alkanes) is 2. The molecular formula is C27H40N2O3. The third-order valence-electron chi connectivity index (χ3n) is 8.22. The van der Waals surface area contributed by atoms with Gasteiger partial charge in [-0.3, -0.25) is 9.59 Å². The first-order chi connectivity index (χ1) is 15.3. The van der Waals surface area contributed by atoms with Crippen LogP contribution in [0.5, 0.6) is 0 Å². The SMILES string of the molecule is CC(=O)NCCCCCC(=O)N1CCC2(CC1)CO[C@H]1c3ccccc3CC(C)(C)[C@@H]1C2. The molecule has 2 saturated heterocycles. The van der Waals surface area contributed by atoms with Crippen LogP contribution < -0.4 is 5.32 Å². The van der Waals surface area contributed by atoms with Crippen molar-refractivity contribution in [1.82, 2.24) is 10.2 Å². The average Bonchev–Trinajstić information content (AvgIpc) is 2.76. The highest BCUT2D eigenvalue weighted by Gasteiger charge is 2.51. The lowest BCUT2D eigenvalue weighted by Gasteiger charge is -2.55. The van der Waals surface area contributed by atoms with Crippen molar-refractivity contribution in [3.05, 3.63) is 35.4 Å². The van der Waals surface area contributed by atoms with Gasteiger partial charge in [0.05, 0.1) is 12.7 Å². The highest BCUT2D eigenvalue weighted by molar-refractivity contribution is 5.76. The summed E-state index contributed by atoms with van der Waals surface area (Å²) >= 11 is 0. The van der Waals surface area contributed by atoms with Crippen LogP contribution in [0.3, 0.4) is 0 Å². The maximum Gasteiger partial charge on any atom is 0.222 e. The van der Waals surface area contributed by atoms with Gasteiger partial charge in [0, 0.05) is 33.0 Å². The molecule has 176 valence electrons. The van der Waals surface area contributed by atoms with E-state index < -0.39 is 0 Å². The van der Waals surface area contributed by atoms with Gasteiger partial charge in [-0.25, -0.2) is 0 Å². The third-order valence-corrected chi connectivity index (χ3v) is 8.22. The van der Waals surface area contributed by atoms with E-state index in [1.165, 1.54) is 24.5 Å². The number of likely N-dealkylation sites (tertiary alicyclic amines) is 1. The molecule has 5 heteroatoms. The Balaban J connectivity index is 1.28. The zero-order valence-electron chi connectivity index (χ0n) is 20.1. The van der Waals surface area contributed by atoms with E-state index in [1.807, 2.05) is 0 Å². The molecule has 1 N–H and O–H groups in total. The Hall–Kier alpha value is -1.88. The average molecular weight is 441 g/mol. The van der Waals surface area contributed by atoms with Crippen molar-refractivity contribution in [3.8, 4) is 0 Å². The lowest BCUT2D eigenvalue weighted by atomic mass is 9.57. The standard InChI is InChI=1S/C27H40N2O3/c1-20(30)28-14-8-4-5-11-24(31)29-15-12-27(13-16-29)18-23-25(32-19-27)22-10-7-6-9-21(22)17-26(23,2)3/h6-7,9-10,23,25H,4-5,8,11-19H2,1-3H3,(H,28,30)/t23-,25+/m1/s1. The van der Waals surface area contributed by atoms with E-state index in [-0.39, 0.29) is 22.8 Å². The van der Waals surface area contributed by atoms with Gasteiger partial charge >= 0.3 is 0 Å². The van der Waals surface area contributed by atoms with Gasteiger partial charge in [0.25, 0.3) is 0 Å². The number of ether oxygens (including phenoxy) is 1. The van der Waals surface area contributed by atoms with E-state index in [9.17, 15) is 9.59 Å². The number of benzene rings is 1. The number of amides is 2. The maximum absolute atomic E-state index is 12.7. The molecule has 32 heavy (non-hydrogen) atoms. The molecule has 2 amide bonds. The number of fused-ring (bicyclic) bond motifs is 3. The Kier molecular flexibility index (Phi) is 6.94. The summed E-state index contributed by atoms with van der Waals surface area (Å²) < 4.78 is 6.62. The van der Waals surface area contributed by atoms with E-state index in [4.69, 9.17) is 4.74 Å². The minimum absolute atomic E-state index is 0.0159. The molecule has 2 atom stereocenters. The lowest BCUT2D eigenvalue weighted by molar-refractivity contribution is -0.159. The van der Waals surface area contributed by atoms with Gasteiger partial charge in [-0.15, -0.1) is 0 Å². The van der Waals surface area contributed by atoms with Crippen LogP contribution in [-0.2, 0) is 20.7 Å². The van der Waals surface area contributed by atoms with E-state index in [2.05, 4.69) is 48.3 Å². The zero-order chi connectivity index (χ0) is 22.8. The van der Waals surface area contributed by atoms with Crippen LogP contribution >= 0.6 is 0 Å². The summed E-state index contributed by atoms with van der Waals surface area (Å²) in [6, 6.07) is 8.82. The minimum Gasteiger partial charge on any atom is -0.373 e. The number of carbonyl (C=O) groups is 2. The van der Waals surface area contributed by atoms with Gasteiger partial charge in [0.2, 0.25) is 11.8 Å². The molecule has 2 aliphatic heterocycles. The Bertz CT molecular complexity index is 826. The van der Waals surface area contributed by atoms with Gasteiger partial charge in [0.1, 0.15) is 0 Å². The monoisotopic (exact) mass is 440 g/mol. The lowest BCUT2D eigenvalue weighted by Crippen LogP contribution is -2.51. The number of rotatable bonds is 6. The van der Waals surface area contributed by atoms with Crippen molar-refractivity contribution < 1.29 is 14.3 Å². The van der Waals surface area contributed by atoms with Crippen LogP contribution in [0.15, 0.2) is 24.3 Å². The Morgan fingerprint density at radius 2 is 1.88 bits per heavy atom. The van der Waals surface area contributed by atoms with Crippen molar-refractivity contribution in [2.75, 3.05) is 26.2 Å². The van der Waals surface area contributed by atoms with E-state index >= 15 is 0 Å². The number of hydrogen-bond donors (Lipinski definition) is 1. The summed E-state index contributed by atoms with van der Waals surface area (Å²) in [6.07, 6.45) is 8.12. The molecule has 0 unspecified atom stereocenters. The molecule has 1 aromatic carbocycles. The van der Waals surface area contributed by atoms with Crippen LogP contribution in [0.2, 0.25) is 0 Å². The van der Waals surface area contributed by atoms with Crippen LogP contribution in [0, 0.1) is 16.7 Å². The highest BCUT2D eigenvalue weighted by atomic mass is 16.5. The normalized spacial score (nSPS) is 25.7. The number of nitrogens with zero attached hydrogens (tertiary/aromatic N) is 1. The largest absolute Gasteiger partial charge is 0.373 e.